The molecule has 1 amide bonds. The van der Waals surface area contributed by atoms with Crippen LogP contribution < -0.4 is 5.32 Å². The molecule has 2 saturated heterocycles. The van der Waals surface area contributed by atoms with E-state index in [0.717, 1.165) is 30.7 Å². The number of amides is 1. The third-order valence-electron chi connectivity index (χ3n) is 6.01. The largest absolute Gasteiger partial charge is 0.450 e. The maximum absolute atomic E-state index is 12.1. The first-order chi connectivity index (χ1) is 13.1. The molecule has 3 aliphatic rings. The topological polar surface area (TPSA) is 67.9 Å². The lowest BCUT2D eigenvalue weighted by Gasteiger charge is -2.45. The number of rotatable bonds is 4. The highest BCUT2D eigenvalue weighted by Crippen LogP contribution is 2.46. The molecule has 3 rings (SSSR count). The van der Waals surface area contributed by atoms with Crippen molar-refractivity contribution in [3.05, 3.63) is 11.6 Å². The molecule has 158 valence electrons. The van der Waals surface area contributed by atoms with Gasteiger partial charge in [0.1, 0.15) is 11.2 Å². The molecule has 2 unspecified atom stereocenters. The molecule has 3 aliphatic heterocycles. The predicted octanol–water partition coefficient (Wildman–Crippen LogP) is 3.50. The third-order valence-corrected chi connectivity index (χ3v) is 7.44. The van der Waals surface area contributed by atoms with E-state index >= 15 is 0 Å². The first-order valence-corrected chi connectivity index (χ1v) is 11.4. The molecule has 0 aromatic heterocycles. The Balaban J connectivity index is 1.62. The zero-order valence-corrected chi connectivity index (χ0v) is 18.6. The minimum atomic E-state index is -0.490. The van der Waals surface area contributed by atoms with Gasteiger partial charge < -0.3 is 14.8 Å². The minimum Gasteiger partial charge on any atom is -0.450 e. The monoisotopic (exact) mass is 410 g/mol. The van der Waals surface area contributed by atoms with Gasteiger partial charge in [0.2, 0.25) is 0 Å². The number of alkyl carbamates (subject to hydrolysis) is 1. The Hall–Kier alpha value is -1.21. The second-order valence-electron chi connectivity index (χ2n) is 9.23. The van der Waals surface area contributed by atoms with Crippen LogP contribution >= 0.6 is 11.8 Å². The van der Waals surface area contributed by atoms with Crippen molar-refractivity contribution in [2.24, 2.45) is 0 Å². The predicted molar refractivity (Wildman–Crippen MR) is 111 cm³/mol. The van der Waals surface area contributed by atoms with Gasteiger partial charge in [0.15, 0.2) is 0 Å². The van der Waals surface area contributed by atoms with E-state index in [1.807, 2.05) is 32.5 Å². The van der Waals surface area contributed by atoms with Crippen molar-refractivity contribution in [3.8, 4) is 0 Å². The quantitative estimate of drug-likeness (QED) is 0.565. The lowest BCUT2D eigenvalue weighted by Crippen LogP contribution is -2.56. The van der Waals surface area contributed by atoms with Crippen LogP contribution in [0, 0.1) is 0 Å². The Kier molecular flexibility index (Phi) is 6.35. The molecule has 4 atom stereocenters. The summed E-state index contributed by atoms with van der Waals surface area (Å²) in [6.45, 7) is 11.6. The lowest BCUT2D eigenvalue weighted by atomic mass is 9.83. The van der Waals surface area contributed by atoms with Crippen LogP contribution in [0.15, 0.2) is 11.6 Å². The summed E-state index contributed by atoms with van der Waals surface area (Å²) >= 11 is 1.86. The van der Waals surface area contributed by atoms with E-state index in [4.69, 9.17) is 9.47 Å². The first kappa shape index (κ1) is 21.5. The standard InChI is InChI=1S/C21H34N2O4S/c1-14-16(28-11-9-22-19(25)27-20(2,3)4)12-15-13-18(24)26-21(15,5)17-8-6-7-10-23(14)17/h13-14,16-17H,6-12H2,1-5H3,(H,22,25)/t14-,16?,17?,21-/m0/s1. The summed E-state index contributed by atoms with van der Waals surface area (Å²) in [7, 11) is 0. The lowest BCUT2D eigenvalue weighted by molar-refractivity contribution is -0.151. The molecule has 0 saturated carbocycles. The Morgan fingerprint density at radius 1 is 1.43 bits per heavy atom. The molecule has 0 aliphatic carbocycles. The van der Waals surface area contributed by atoms with Crippen LogP contribution in [-0.2, 0) is 14.3 Å². The SMILES string of the molecule is C[C@H]1C(SCCNC(=O)OC(C)(C)C)CC2=CC(=O)O[C@]2(C)C2CCCCN21. The van der Waals surface area contributed by atoms with E-state index in [1.54, 1.807) is 6.08 Å². The molecule has 0 bridgehead atoms. The average molecular weight is 411 g/mol. The highest BCUT2D eigenvalue weighted by atomic mass is 32.2. The number of nitrogens with zero attached hydrogens (tertiary/aromatic N) is 1. The van der Waals surface area contributed by atoms with Crippen LogP contribution in [-0.4, -0.2) is 64.3 Å². The maximum Gasteiger partial charge on any atom is 0.407 e. The number of carbonyl (C=O) groups is 2. The number of piperidine rings is 1. The number of ether oxygens (including phenoxy) is 2. The Bertz CT molecular complexity index is 645. The van der Waals surface area contributed by atoms with Gasteiger partial charge >= 0.3 is 12.1 Å². The Morgan fingerprint density at radius 3 is 2.89 bits per heavy atom. The van der Waals surface area contributed by atoms with Crippen molar-refractivity contribution in [2.75, 3.05) is 18.8 Å². The molecule has 0 aromatic rings. The molecule has 7 heteroatoms. The summed E-state index contributed by atoms with van der Waals surface area (Å²) in [4.78, 5) is 26.4. The van der Waals surface area contributed by atoms with Crippen molar-refractivity contribution in [3.63, 3.8) is 0 Å². The fourth-order valence-electron chi connectivity index (χ4n) is 4.64. The zero-order chi connectivity index (χ0) is 20.5. The molecule has 3 heterocycles. The summed E-state index contributed by atoms with van der Waals surface area (Å²) in [5, 5.41) is 3.20. The number of esters is 1. The average Bonchev–Trinajstić information content (AvgIpc) is 2.86. The van der Waals surface area contributed by atoms with Crippen LogP contribution in [0.2, 0.25) is 0 Å². The summed E-state index contributed by atoms with van der Waals surface area (Å²) < 4.78 is 11.1. The second-order valence-corrected chi connectivity index (χ2v) is 10.6. The molecule has 0 radical (unpaired) electrons. The fraction of sp³-hybridized carbons (Fsp3) is 0.810. The number of carbonyl (C=O) groups excluding carboxylic acids is 2. The normalized spacial score (nSPS) is 33.2. The van der Waals surface area contributed by atoms with E-state index in [-0.39, 0.29) is 18.1 Å². The zero-order valence-electron chi connectivity index (χ0n) is 17.7. The number of hydrogen-bond donors (Lipinski definition) is 1. The molecule has 0 spiro atoms. The van der Waals surface area contributed by atoms with E-state index in [1.165, 1.54) is 12.8 Å². The molecule has 0 aromatic carbocycles. The molecular formula is C21H34N2O4S. The van der Waals surface area contributed by atoms with Crippen LogP contribution in [0.1, 0.15) is 60.3 Å². The summed E-state index contributed by atoms with van der Waals surface area (Å²) in [5.74, 6) is 0.610. The van der Waals surface area contributed by atoms with E-state index < -0.39 is 11.2 Å². The molecule has 28 heavy (non-hydrogen) atoms. The number of nitrogens with one attached hydrogen (secondary N) is 1. The Morgan fingerprint density at radius 2 is 2.18 bits per heavy atom. The van der Waals surface area contributed by atoms with Gasteiger partial charge in [0.05, 0.1) is 6.04 Å². The van der Waals surface area contributed by atoms with E-state index in [2.05, 4.69) is 24.1 Å². The van der Waals surface area contributed by atoms with Crippen molar-refractivity contribution in [1.82, 2.24) is 10.2 Å². The fourth-order valence-corrected chi connectivity index (χ4v) is 5.90. The maximum atomic E-state index is 12.1. The molecular weight excluding hydrogens is 376 g/mol. The number of hydrogen-bond acceptors (Lipinski definition) is 6. The van der Waals surface area contributed by atoms with Gasteiger partial charge in [-0.25, -0.2) is 9.59 Å². The van der Waals surface area contributed by atoms with Gasteiger partial charge in [-0.15, -0.1) is 0 Å². The summed E-state index contributed by atoms with van der Waals surface area (Å²) in [5.41, 5.74) is 0.161. The summed E-state index contributed by atoms with van der Waals surface area (Å²) in [6.07, 6.45) is 5.66. The highest BCUT2D eigenvalue weighted by molar-refractivity contribution is 8.00. The minimum absolute atomic E-state index is 0.201. The van der Waals surface area contributed by atoms with Crippen molar-refractivity contribution < 1.29 is 19.1 Å². The van der Waals surface area contributed by atoms with E-state index in [0.29, 0.717) is 17.8 Å². The van der Waals surface area contributed by atoms with E-state index in [9.17, 15) is 9.59 Å². The molecule has 6 nitrogen and oxygen atoms in total. The molecule has 1 N–H and O–H groups in total. The van der Waals surface area contributed by atoms with Crippen LogP contribution in [0.5, 0.6) is 0 Å². The number of thioether (sulfide) groups is 1. The van der Waals surface area contributed by atoms with Gasteiger partial charge in [-0.05, 0) is 66.0 Å². The smallest absolute Gasteiger partial charge is 0.407 e. The number of fused-ring (bicyclic) bond motifs is 3. The van der Waals surface area contributed by atoms with Gasteiger partial charge in [0.25, 0.3) is 0 Å². The van der Waals surface area contributed by atoms with Crippen LogP contribution in [0.4, 0.5) is 4.79 Å². The van der Waals surface area contributed by atoms with Crippen LogP contribution in [0.25, 0.3) is 0 Å². The Labute approximate surface area is 172 Å². The van der Waals surface area contributed by atoms with Crippen LogP contribution in [0.3, 0.4) is 0 Å². The van der Waals surface area contributed by atoms with Gasteiger partial charge in [0, 0.05) is 29.7 Å². The van der Waals surface area contributed by atoms with Gasteiger partial charge in [-0.1, -0.05) is 6.42 Å². The third kappa shape index (κ3) is 4.67. The first-order valence-electron chi connectivity index (χ1n) is 10.4. The van der Waals surface area contributed by atoms with Crippen molar-refractivity contribution in [1.29, 1.82) is 0 Å². The molecule has 2 fully saturated rings. The van der Waals surface area contributed by atoms with Crippen molar-refractivity contribution in [2.45, 2.75) is 88.8 Å². The summed E-state index contributed by atoms with van der Waals surface area (Å²) in [6, 6.07) is 0.665. The van der Waals surface area contributed by atoms with Gasteiger partial charge in [-0.3, -0.25) is 4.90 Å². The highest BCUT2D eigenvalue weighted by Gasteiger charge is 2.52. The van der Waals surface area contributed by atoms with Crippen molar-refractivity contribution >= 4 is 23.8 Å². The van der Waals surface area contributed by atoms with Gasteiger partial charge in [-0.2, -0.15) is 11.8 Å². The second kappa shape index (κ2) is 8.27.